The predicted molar refractivity (Wildman–Crippen MR) is 49.4 cm³/mol. The largest absolute Gasteiger partial charge is 0.358 e. The molecule has 1 heterocycles. The summed E-state index contributed by atoms with van der Waals surface area (Å²) in [7, 11) is 1.61. The minimum absolute atomic E-state index is 0.0390. The maximum absolute atomic E-state index is 10.8. The summed E-state index contributed by atoms with van der Waals surface area (Å²) in [6.07, 6.45) is 0. The molecular weight excluding hydrogens is 174 g/mol. The van der Waals surface area contributed by atoms with Gasteiger partial charge in [0.2, 0.25) is 5.91 Å². The average molecular weight is 185 g/mol. The summed E-state index contributed by atoms with van der Waals surface area (Å²) in [6, 6.07) is 0. The van der Waals surface area contributed by atoms with Crippen LogP contribution >= 0.6 is 11.3 Å². The molecule has 5 heteroatoms. The number of rotatable bonds is 3. The van der Waals surface area contributed by atoms with Gasteiger partial charge in [-0.3, -0.25) is 4.79 Å². The summed E-state index contributed by atoms with van der Waals surface area (Å²) in [5.41, 5.74) is 0.972. The third kappa shape index (κ3) is 2.50. The highest BCUT2D eigenvalue weighted by atomic mass is 32.1. The summed E-state index contributed by atoms with van der Waals surface area (Å²) >= 11 is 1.50. The van der Waals surface area contributed by atoms with Crippen molar-refractivity contribution >= 4 is 22.4 Å². The molecule has 0 saturated carbocycles. The van der Waals surface area contributed by atoms with Gasteiger partial charge in [0, 0.05) is 12.4 Å². The molecule has 1 rings (SSSR count). The van der Waals surface area contributed by atoms with E-state index in [1.807, 2.05) is 12.3 Å². The molecular formula is C7H11N3OS. The molecule has 0 bridgehead atoms. The second-order valence-electron chi connectivity index (χ2n) is 2.32. The molecule has 1 aromatic rings. The minimum Gasteiger partial charge on any atom is -0.358 e. The summed E-state index contributed by atoms with van der Waals surface area (Å²) in [4.78, 5) is 14.9. The van der Waals surface area contributed by atoms with Gasteiger partial charge in [-0.25, -0.2) is 4.98 Å². The molecule has 0 aliphatic heterocycles. The fourth-order valence-corrected chi connectivity index (χ4v) is 1.37. The molecule has 0 aliphatic carbocycles. The summed E-state index contributed by atoms with van der Waals surface area (Å²) in [5, 5.41) is 8.15. The first-order valence-electron chi connectivity index (χ1n) is 3.59. The van der Waals surface area contributed by atoms with E-state index in [9.17, 15) is 4.79 Å². The number of anilines is 1. The van der Waals surface area contributed by atoms with Crippen LogP contribution in [-0.4, -0.2) is 24.5 Å². The zero-order chi connectivity index (χ0) is 8.97. The topological polar surface area (TPSA) is 54.0 Å². The molecule has 0 aliphatic rings. The standard InChI is InChI=1S/C7H11N3OS/c1-5-4-12-7(10-5)9-3-6(11)8-2/h4H,3H2,1-2H3,(H,8,11)(H,9,10). The van der Waals surface area contributed by atoms with Gasteiger partial charge in [-0.15, -0.1) is 11.3 Å². The van der Waals surface area contributed by atoms with E-state index < -0.39 is 0 Å². The average Bonchev–Trinajstić information content (AvgIpc) is 2.47. The maximum Gasteiger partial charge on any atom is 0.239 e. The molecule has 0 saturated heterocycles. The van der Waals surface area contributed by atoms with E-state index in [1.165, 1.54) is 11.3 Å². The second-order valence-corrected chi connectivity index (χ2v) is 3.18. The van der Waals surface area contributed by atoms with Gasteiger partial charge in [0.1, 0.15) is 0 Å². The van der Waals surface area contributed by atoms with Crippen molar-refractivity contribution in [2.24, 2.45) is 0 Å². The number of nitrogens with one attached hydrogen (secondary N) is 2. The van der Waals surface area contributed by atoms with Gasteiger partial charge >= 0.3 is 0 Å². The first-order valence-corrected chi connectivity index (χ1v) is 4.47. The molecule has 0 aromatic carbocycles. The summed E-state index contributed by atoms with van der Waals surface area (Å²) in [5.74, 6) is -0.0390. The SMILES string of the molecule is CNC(=O)CNc1nc(C)cs1. The Bertz CT molecular complexity index is 271. The number of thiazole rings is 1. The van der Waals surface area contributed by atoms with Crippen LogP contribution in [0, 0.1) is 6.92 Å². The Morgan fingerprint density at radius 3 is 3.00 bits per heavy atom. The second kappa shape index (κ2) is 4.06. The van der Waals surface area contributed by atoms with E-state index in [2.05, 4.69) is 15.6 Å². The fourth-order valence-electron chi connectivity index (χ4n) is 0.679. The summed E-state index contributed by atoms with van der Waals surface area (Å²) in [6.45, 7) is 2.20. The number of likely N-dealkylation sites (N-methyl/N-ethyl adjacent to an activating group) is 1. The third-order valence-corrected chi connectivity index (χ3v) is 2.22. The van der Waals surface area contributed by atoms with Crippen molar-refractivity contribution in [2.45, 2.75) is 6.92 Å². The monoisotopic (exact) mass is 185 g/mol. The molecule has 66 valence electrons. The van der Waals surface area contributed by atoms with Gasteiger partial charge in [0.05, 0.1) is 12.2 Å². The number of hydrogen-bond donors (Lipinski definition) is 2. The number of carbonyl (C=O) groups is 1. The fraction of sp³-hybridized carbons (Fsp3) is 0.429. The Balaban J connectivity index is 2.38. The number of aromatic nitrogens is 1. The maximum atomic E-state index is 10.8. The highest BCUT2D eigenvalue weighted by Gasteiger charge is 1.99. The van der Waals surface area contributed by atoms with E-state index in [4.69, 9.17) is 0 Å². The minimum atomic E-state index is -0.0390. The Morgan fingerprint density at radius 1 is 1.75 bits per heavy atom. The van der Waals surface area contributed by atoms with Crippen molar-refractivity contribution in [3.05, 3.63) is 11.1 Å². The van der Waals surface area contributed by atoms with E-state index >= 15 is 0 Å². The summed E-state index contributed by atoms with van der Waals surface area (Å²) < 4.78 is 0. The molecule has 1 aromatic heterocycles. The van der Waals surface area contributed by atoms with Crippen molar-refractivity contribution in [1.29, 1.82) is 0 Å². The smallest absolute Gasteiger partial charge is 0.239 e. The van der Waals surface area contributed by atoms with Gasteiger partial charge in [-0.05, 0) is 6.92 Å². The molecule has 1 amide bonds. The van der Waals surface area contributed by atoms with Crippen LogP contribution in [-0.2, 0) is 4.79 Å². The Morgan fingerprint density at radius 2 is 2.50 bits per heavy atom. The lowest BCUT2D eigenvalue weighted by atomic mass is 10.6. The highest BCUT2D eigenvalue weighted by Crippen LogP contribution is 2.13. The van der Waals surface area contributed by atoms with Crippen molar-refractivity contribution < 1.29 is 4.79 Å². The predicted octanol–water partition coefficient (Wildman–Crippen LogP) is 0.609. The molecule has 4 nitrogen and oxygen atoms in total. The number of nitrogens with zero attached hydrogens (tertiary/aromatic N) is 1. The Labute approximate surface area is 75.0 Å². The molecule has 0 fully saturated rings. The first kappa shape index (κ1) is 8.99. The van der Waals surface area contributed by atoms with Crippen LogP contribution in [0.3, 0.4) is 0 Å². The zero-order valence-electron chi connectivity index (χ0n) is 7.05. The highest BCUT2D eigenvalue weighted by molar-refractivity contribution is 7.13. The van der Waals surface area contributed by atoms with Gasteiger partial charge in [0.25, 0.3) is 0 Å². The number of amides is 1. The lowest BCUT2D eigenvalue weighted by Gasteiger charge is -1.99. The lowest BCUT2D eigenvalue weighted by Crippen LogP contribution is -2.26. The van der Waals surface area contributed by atoms with E-state index in [0.29, 0.717) is 0 Å². The molecule has 2 N–H and O–H groups in total. The van der Waals surface area contributed by atoms with Crippen LogP contribution in [0.4, 0.5) is 5.13 Å². The van der Waals surface area contributed by atoms with Gasteiger partial charge in [-0.1, -0.05) is 0 Å². The van der Waals surface area contributed by atoms with Crippen LogP contribution in [0.15, 0.2) is 5.38 Å². The van der Waals surface area contributed by atoms with Crippen LogP contribution in [0.5, 0.6) is 0 Å². The van der Waals surface area contributed by atoms with E-state index in [-0.39, 0.29) is 12.5 Å². The van der Waals surface area contributed by atoms with Crippen molar-refractivity contribution in [2.75, 3.05) is 18.9 Å². The van der Waals surface area contributed by atoms with Crippen molar-refractivity contribution in [3.63, 3.8) is 0 Å². The van der Waals surface area contributed by atoms with E-state index in [0.717, 1.165) is 10.8 Å². The molecule has 0 unspecified atom stereocenters. The molecule has 0 radical (unpaired) electrons. The first-order chi connectivity index (χ1) is 5.72. The molecule has 0 spiro atoms. The molecule has 0 atom stereocenters. The van der Waals surface area contributed by atoms with Gasteiger partial charge in [0.15, 0.2) is 5.13 Å². The number of carbonyl (C=O) groups excluding carboxylic acids is 1. The third-order valence-electron chi connectivity index (χ3n) is 1.30. The van der Waals surface area contributed by atoms with Crippen molar-refractivity contribution in [1.82, 2.24) is 10.3 Å². The lowest BCUT2D eigenvalue weighted by molar-refractivity contribution is -0.118. The van der Waals surface area contributed by atoms with Crippen LogP contribution in [0.25, 0.3) is 0 Å². The van der Waals surface area contributed by atoms with Crippen LogP contribution in [0.2, 0.25) is 0 Å². The number of hydrogen-bond acceptors (Lipinski definition) is 4. The van der Waals surface area contributed by atoms with Gasteiger partial charge in [-0.2, -0.15) is 0 Å². The molecule has 12 heavy (non-hydrogen) atoms. The quantitative estimate of drug-likeness (QED) is 0.725. The normalized spacial score (nSPS) is 9.50. The Hall–Kier alpha value is -1.10. The van der Waals surface area contributed by atoms with Crippen LogP contribution in [0.1, 0.15) is 5.69 Å². The number of aryl methyl sites for hydroxylation is 1. The zero-order valence-corrected chi connectivity index (χ0v) is 7.86. The van der Waals surface area contributed by atoms with Gasteiger partial charge < -0.3 is 10.6 Å². The van der Waals surface area contributed by atoms with E-state index in [1.54, 1.807) is 7.05 Å². The Kier molecular flexibility index (Phi) is 3.04. The van der Waals surface area contributed by atoms with Crippen molar-refractivity contribution in [3.8, 4) is 0 Å². The van der Waals surface area contributed by atoms with Crippen LogP contribution < -0.4 is 10.6 Å².